The number of halogens is 1. The number of ether oxygens (including phenoxy) is 1. The lowest BCUT2D eigenvalue weighted by Crippen LogP contribution is -2.57. The zero-order valence-electron chi connectivity index (χ0n) is 23.4. The van der Waals surface area contributed by atoms with Crippen molar-refractivity contribution in [3.05, 3.63) is 87.9 Å². The molecule has 3 aliphatic carbocycles. The Bertz CT molecular complexity index is 1490. The third kappa shape index (κ3) is 5.21. The topological polar surface area (TPSA) is 64.6 Å². The van der Waals surface area contributed by atoms with Crippen LogP contribution in [0, 0.1) is 24.2 Å². The van der Waals surface area contributed by atoms with Crippen LogP contribution in [-0.4, -0.2) is 27.7 Å². The van der Waals surface area contributed by atoms with Gasteiger partial charge < -0.3 is 10.1 Å². The molecule has 0 aromatic heterocycles. The number of hydrogen-bond acceptors (Lipinski definition) is 5. The molecule has 0 aliphatic heterocycles. The molecule has 6 atom stereocenters. The Morgan fingerprint density at radius 2 is 1.80 bits per heavy atom. The summed E-state index contributed by atoms with van der Waals surface area (Å²) in [6.45, 7) is 4.38. The summed E-state index contributed by atoms with van der Waals surface area (Å²) in [6, 6.07) is 21.9. The Balaban J connectivity index is 1.33. The summed E-state index contributed by atoms with van der Waals surface area (Å²) < 4.78 is 39.4. The van der Waals surface area contributed by atoms with Crippen molar-refractivity contribution in [2.75, 3.05) is 12.4 Å². The fraction of sp³-hybridized carbons (Fsp3) is 0.455. The molecule has 0 unspecified atom stereocenters. The SMILES string of the molecule is COc1ccc2c(c1)CC[C@@H]1[C@@H]2CC[C@]2(C)[C@@H](Nc3cccc(Br)c3)C[C@@H](OS(=O)(=O)c3ccc(C)cc3)C[C@@H]12. The molecule has 40 heavy (non-hydrogen) atoms. The van der Waals surface area contributed by atoms with Gasteiger partial charge >= 0.3 is 0 Å². The van der Waals surface area contributed by atoms with E-state index in [1.807, 2.05) is 31.2 Å². The highest BCUT2D eigenvalue weighted by atomic mass is 79.9. The van der Waals surface area contributed by atoms with Gasteiger partial charge in [0.25, 0.3) is 10.1 Å². The molecule has 2 fully saturated rings. The van der Waals surface area contributed by atoms with Crippen molar-refractivity contribution in [2.45, 2.75) is 75.3 Å². The van der Waals surface area contributed by atoms with E-state index in [0.717, 1.165) is 53.6 Å². The molecule has 7 heteroatoms. The van der Waals surface area contributed by atoms with E-state index in [1.54, 1.807) is 19.2 Å². The number of rotatable bonds is 6. The zero-order chi connectivity index (χ0) is 28.1. The van der Waals surface area contributed by atoms with E-state index >= 15 is 0 Å². The Kier molecular flexibility index (Phi) is 7.51. The van der Waals surface area contributed by atoms with Gasteiger partial charge in [0.2, 0.25) is 0 Å². The number of aryl methyl sites for hydroxylation is 2. The van der Waals surface area contributed by atoms with E-state index in [9.17, 15) is 8.42 Å². The first-order valence-corrected chi connectivity index (χ1v) is 16.6. The standard InChI is InChI=1S/C33H38BrNO4S/c1-21-7-11-27(12-8-21)40(36,37)39-26-19-31-30-13-9-22-17-25(38-3)10-14-28(22)29(30)15-16-33(31,2)32(20-26)35-24-6-4-5-23(34)18-24/h4-8,10-12,14,17-18,26,29-32,35H,9,13,15-16,19-20H2,1-3H3/t26-,29+,30+,31-,32-,33-/m0/s1. The molecule has 1 N–H and O–H groups in total. The summed E-state index contributed by atoms with van der Waals surface area (Å²) in [7, 11) is -2.15. The van der Waals surface area contributed by atoms with E-state index in [0.29, 0.717) is 24.2 Å². The Hall–Kier alpha value is -2.35. The van der Waals surface area contributed by atoms with Gasteiger partial charge in [0.1, 0.15) is 5.75 Å². The predicted molar refractivity (Wildman–Crippen MR) is 162 cm³/mol. The molecule has 6 rings (SSSR count). The Labute approximate surface area is 246 Å². The molecule has 0 radical (unpaired) electrons. The van der Waals surface area contributed by atoms with Crippen LogP contribution in [0.25, 0.3) is 0 Å². The van der Waals surface area contributed by atoms with Crippen LogP contribution < -0.4 is 10.1 Å². The average Bonchev–Trinajstić information content (AvgIpc) is 2.93. The molecular formula is C33H38BrNO4S. The van der Waals surface area contributed by atoms with E-state index in [1.165, 1.54) is 11.1 Å². The van der Waals surface area contributed by atoms with Crippen LogP contribution in [0.15, 0.2) is 76.1 Å². The maximum atomic E-state index is 13.4. The highest BCUT2D eigenvalue weighted by molar-refractivity contribution is 9.10. The normalized spacial score (nSPS) is 29.6. The molecule has 0 amide bonds. The molecule has 0 bridgehead atoms. The fourth-order valence-corrected chi connectivity index (χ4v) is 9.34. The largest absolute Gasteiger partial charge is 0.497 e. The monoisotopic (exact) mass is 623 g/mol. The molecular weight excluding hydrogens is 586 g/mol. The first kappa shape index (κ1) is 27.8. The molecule has 0 heterocycles. The van der Waals surface area contributed by atoms with Crippen LogP contribution in [0.5, 0.6) is 5.75 Å². The van der Waals surface area contributed by atoms with Crippen molar-refractivity contribution < 1.29 is 17.3 Å². The van der Waals surface area contributed by atoms with Crippen molar-refractivity contribution in [2.24, 2.45) is 17.3 Å². The molecule has 0 saturated heterocycles. The van der Waals surface area contributed by atoms with E-state index in [2.05, 4.69) is 58.5 Å². The van der Waals surface area contributed by atoms with Crippen LogP contribution in [0.4, 0.5) is 5.69 Å². The zero-order valence-corrected chi connectivity index (χ0v) is 25.8. The molecule has 3 aliphatic rings. The predicted octanol–water partition coefficient (Wildman–Crippen LogP) is 7.88. The molecule has 2 saturated carbocycles. The lowest BCUT2D eigenvalue weighted by molar-refractivity contribution is -0.0517. The lowest BCUT2D eigenvalue weighted by Gasteiger charge is -2.58. The molecule has 0 spiro atoms. The number of fused-ring (bicyclic) bond motifs is 5. The lowest BCUT2D eigenvalue weighted by atomic mass is 9.49. The minimum atomic E-state index is -3.87. The first-order chi connectivity index (χ1) is 19.2. The quantitative estimate of drug-likeness (QED) is 0.283. The maximum Gasteiger partial charge on any atom is 0.297 e. The number of hydrogen-bond donors (Lipinski definition) is 1. The summed E-state index contributed by atoms with van der Waals surface area (Å²) in [5.74, 6) is 2.23. The second kappa shape index (κ2) is 10.8. The van der Waals surface area contributed by atoms with Gasteiger partial charge in [0.05, 0.1) is 18.1 Å². The highest BCUT2D eigenvalue weighted by Crippen LogP contribution is 2.60. The highest BCUT2D eigenvalue weighted by Gasteiger charge is 2.55. The first-order valence-electron chi connectivity index (χ1n) is 14.3. The number of methoxy groups -OCH3 is 1. The van der Waals surface area contributed by atoms with Crippen LogP contribution in [0.3, 0.4) is 0 Å². The molecule has 3 aromatic carbocycles. The van der Waals surface area contributed by atoms with Gasteiger partial charge in [-0.2, -0.15) is 8.42 Å². The second-order valence-electron chi connectivity index (χ2n) is 12.2. The van der Waals surface area contributed by atoms with Gasteiger partial charge in [0, 0.05) is 16.2 Å². The smallest absolute Gasteiger partial charge is 0.297 e. The van der Waals surface area contributed by atoms with E-state index < -0.39 is 10.1 Å². The summed E-state index contributed by atoms with van der Waals surface area (Å²) >= 11 is 3.61. The Morgan fingerprint density at radius 1 is 1.00 bits per heavy atom. The molecule has 3 aromatic rings. The van der Waals surface area contributed by atoms with Gasteiger partial charge in [-0.15, -0.1) is 0 Å². The van der Waals surface area contributed by atoms with Crippen LogP contribution in [0.1, 0.15) is 61.6 Å². The van der Waals surface area contributed by atoms with Crippen LogP contribution >= 0.6 is 15.9 Å². The van der Waals surface area contributed by atoms with Crippen molar-refractivity contribution in [3.63, 3.8) is 0 Å². The maximum absolute atomic E-state index is 13.4. The van der Waals surface area contributed by atoms with Crippen molar-refractivity contribution in [3.8, 4) is 5.75 Å². The Morgan fingerprint density at radius 3 is 2.55 bits per heavy atom. The van der Waals surface area contributed by atoms with Crippen molar-refractivity contribution in [1.29, 1.82) is 0 Å². The van der Waals surface area contributed by atoms with Crippen molar-refractivity contribution in [1.82, 2.24) is 0 Å². The number of nitrogens with one attached hydrogen (secondary N) is 1. The summed E-state index contributed by atoms with van der Waals surface area (Å²) in [5.41, 5.74) is 4.95. The number of anilines is 1. The van der Waals surface area contributed by atoms with E-state index in [4.69, 9.17) is 8.92 Å². The van der Waals surface area contributed by atoms with E-state index in [-0.39, 0.29) is 22.5 Å². The fourth-order valence-electron chi connectivity index (χ4n) is 7.84. The van der Waals surface area contributed by atoms with Gasteiger partial charge in [-0.1, -0.05) is 52.7 Å². The van der Waals surface area contributed by atoms with Gasteiger partial charge in [-0.3, -0.25) is 4.18 Å². The van der Waals surface area contributed by atoms with Crippen LogP contribution in [-0.2, 0) is 20.7 Å². The van der Waals surface area contributed by atoms with Crippen LogP contribution in [0.2, 0.25) is 0 Å². The second-order valence-corrected chi connectivity index (χ2v) is 14.7. The number of benzene rings is 3. The van der Waals surface area contributed by atoms with Gasteiger partial charge in [0.15, 0.2) is 0 Å². The molecule has 212 valence electrons. The van der Waals surface area contributed by atoms with Crippen molar-refractivity contribution >= 4 is 31.7 Å². The van der Waals surface area contributed by atoms with Gasteiger partial charge in [-0.25, -0.2) is 0 Å². The third-order valence-corrected chi connectivity index (χ3v) is 11.8. The van der Waals surface area contributed by atoms with Gasteiger partial charge in [-0.05, 0) is 122 Å². The minimum Gasteiger partial charge on any atom is -0.497 e. The summed E-state index contributed by atoms with van der Waals surface area (Å²) in [4.78, 5) is 0.227. The third-order valence-electron chi connectivity index (χ3n) is 9.92. The summed E-state index contributed by atoms with van der Waals surface area (Å²) in [6.07, 6.45) is 5.38. The summed E-state index contributed by atoms with van der Waals surface area (Å²) in [5, 5.41) is 3.83. The molecule has 5 nitrogen and oxygen atoms in total. The minimum absolute atomic E-state index is 0.0287. The average molecular weight is 625 g/mol.